The van der Waals surface area contributed by atoms with Gasteiger partial charge in [0.1, 0.15) is 17.4 Å². The predicted molar refractivity (Wildman–Crippen MR) is 152 cm³/mol. The molecule has 3 heterocycles. The van der Waals surface area contributed by atoms with Crippen LogP contribution in [0.2, 0.25) is 0 Å². The highest BCUT2D eigenvalue weighted by molar-refractivity contribution is 7.91. The highest BCUT2D eigenvalue weighted by atomic mass is 32.2. The van der Waals surface area contributed by atoms with Crippen LogP contribution in [0.4, 0.5) is 5.82 Å². The van der Waals surface area contributed by atoms with Gasteiger partial charge in [-0.15, -0.1) is 0 Å². The first kappa shape index (κ1) is 27.6. The number of rotatable bonds is 10. The zero-order chi connectivity index (χ0) is 28.6. The Balaban J connectivity index is 1.57. The average Bonchev–Trinajstić information content (AvgIpc) is 3.82. The smallest absolute Gasteiger partial charge is 0.295 e. The minimum atomic E-state index is -3.30. The third-order valence-electron chi connectivity index (χ3n) is 7.36. The fraction of sp³-hybridized carbons (Fsp3) is 0.429. The van der Waals surface area contributed by atoms with Crippen molar-refractivity contribution in [3.63, 3.8) is 0 Å². The molecule has 11 nitrogen and oxygen atoms in total. The number of nitrogens with one attached hydrogen (secondary N) is 1. The summed E-state index contributed by atoms with van der Waals surface area (Å²) in [4.78, 5) is 36.8. The fourth-order valence-electron chi connectivity index (χ4n) is 4.64. The normalized spacial score (nSPS) is 15.1. The van der Waals surface area contributed by atoms with Crippen molar-refractivity contribution in [2.45, 2.75) is 69.9 Å². The van der Waals surface area contributed by atoms with Gasteiger partial charge in [-0.3, -0.25) is 9.36 Å². The van der Waals surface area contributed by atoms with Gasteiger partial charge in [0, 0.05) is 12.0 Å². The standard InChI is InChI=1S/C28H33N7O4S/c1-6-16(3)35-26-21(14-29-24(34-26)22-23(19-8-9-19)30-15-31-27(22)39-5)33-25(28(35)36)32-17(4)18-10-12-20(13-11-18)40(37,38)7-2/h10-17,19H,6-9H2,1-5H3,(H,32,33)/t16-,17+/m1/s1. The van der Waals surface area contributed by atoms with Gasteiger partial charge in [-0.05, 0) is 50.8 Å². The molecule has 1 N–H and O–H groups in total. The number of ether oxygens (including phenoxy) is 1. The van der Waals surface area contributed by atoms with Crippen LogP contribution in [0.3, 0.4) is 0 Å². The number of anilines is 1. The van der Waals surface area contributed by atoms with Crippen LogP contribution >= 0.6 is 0 Å². The van der Waals surface area contributed by atoms with E-state index in [-0.39, 0.29) is 34.1 Å². The third kappa shape index (κ3) is 5.15. The Bertz CT molecular complexity index is 1720. The first-order chi connectivity index (χ1) is 19.2. The number of sulfone groups is 1. The molecule has 1 aliphatic carbocycles. The largest absolute Gasteiger partial charge is 0.480 e. The molecule has 1 aliphatic rings. The summed E-state index contributed by atoms with van der Waals surface area (Å²) in [6, 6.07) is 6.20. The number of hydrogen-bond acceptors (Lipinski definition) is 10. The average molecular weight is 564 g/mol. The van der Waals surface area contributed by atoms with Gasteiger partial charge in [-0.1, -0.05) is 26.0 Å². The molecule has 0 amide bonds. The van der Waals surface area contributed by atoms with Crippen molar-refractivity contribution in [3.05, 3.63) is 58.4 Å². The predicted octanol–water partition coefficient (Wildman–Crippen LogP) is 4.47. The summed E-state index contributed by atoms with van der Waals surface area (Å²) < 4.78 is 31.5. The number of aromatic nitrogens is 6. The van der Waals surface area contributed by atoms with Crippen LogP contribution in [-0.2, 0) is 9.84 Å². The van der Waals surface area contributed by atoms with E-state index >= 15 is 0 Å². The van der Waals surface area contributed by atoms with E-state index in [0.29, 0.717) is 40.8 Å². The Morgan fingerprint density at radius 2 is 1.80 bits per heavy atom. The molecule has 1 aromatic carbocycles. The van der Waals surface area contributed by atoms with Crippen LogP contribution in [0.25, 0.3) is 22.6 Å². The summed E-state index contributed by atoms with van der Waals surface area (Å²) in [6.07, 6.45) is 5.86. The van der Waals surface area contributed by atoms with Crippen molar-refractivity contribution in [1.82, 2.24) is 29.5 Å². The summed E-state index contributed by atoms with van der Waals surface area (Å²) in [5.74, 6) is 1.30. The molecule has 1 saturated carbocycles. The number of hydrogen-bond donors (Lipinski definition) is 1. The van der Waals surface area contributed by atoms with Crippen molar-refractivity contribution >= 4 is 26.8 Å². The van der Waals surface area contributed by atoms with Gasteiger partial charge in [-0.25, -0.2) is 33.3 Å². The number of benzene rings is 1. The van der Waals surface area contributed by atoms with Crippen molar-refractivity contribution in [1.29, 1.82) is 0 Å². The lowest BCUT2D eigenvalue weighted by Gasteiger charge is -2.20. The van der Waals surface area contributed by atoms with E-state index in [1.54, 1.807) is 49.1 Å². The molecule has 2 atom stereocenters. The molecule has 40 heavy (non-hydrogen) atoms. The Morgan fingerprint density at radius 1 is 1.07 bits per heavy atom. The summed E-state index contributed by atoms with van der Waals surface area (Å²) >= 11 is 0. The van der Waals surface area contributed by atoms with E-state index in [1.165, 1.54) is 6.33 Å². The van der Waals surface area contributed by atoms with Crippen LogP contribution in [0, 0.1) is 0 Å². The van der Waals surface area contributed by atoms with Gasteiger partial charge in [0.05, 0.1) is 35.7 Å². The highest BCUT2D eigenvalue weighted by Crippen LogP contribution is 2.44. The molecule has 3 aromatic heterocycles. The molecular weight excluding hydrogens is 530 g/mol. The van der Waals surface area contributed by atoms with Crippen LogP contribution < -0.4 is 15.6 Å². The van der Waals surface area contributed by atoms with Crippen LogP contribution in [0.15, 0.2) is 46.5 Å². The van der Waals surface area contributed by atoms with Gasteiger partial charge < -0.3 is 10.1 Å². The van der Waals surface area contributed by atoms with E-state index < -0.39 is 9.84 Å². The van der Waals surface area contributed by atoms with Crippen LogP contribution in [0.5, 0.6) is 5.88 Å². The monoisotopic (exact) mass is 563 g/mol. The van der Waals surface area contributed by atoms with E-state index in [2.05, 4.69) is 25.3 Å². The van der Waals surface area contributed by atoms with Gasteiger partial charge >= 0.3 is 0 Å². The maximum absolute atomic E-state index is 13.8. The molecule has 1 fully saturated rings. The van der Waals surface area contributed by atoms with Crippen molar-refractivity contribution in [2.75, 3.05) is 18.2 Å². The van der Waals surface area contributed by atoms with Crippen molar-refractivity contribution in [3.8, 4) is 17.3 Å². The first-order valence-corrected chi connectivity index (χ1v) is 15.1. The Labute approximate surface area is 233 Å². The summed E-state index contributed by atoms with van der Waals surface area (Å²) in [7, 11) is -1.75. The third-order valence-corrected chi connectivity index (χ3v) is 9.11. The van der Waals surface area contributed by atoms with Crippen molar-refractivity contribution in [2.24, 2.45) is 0 Å². The van der Waals surface area contributed by atoms with Gasteiger partial charge in [0.25, 0.3) is 5.56 Å². The number of fused-ring (bicyclic) bond motifs is 1. The van der Waals surface area contributed by atoms with Gasteiger partial charge in [0.2, 0.25) is 5.88 Å². The quantitative estimate of drug-likeness (QED) is 0.294. The SMILES string of the molecule is CC[C@@H](C)n1c(=O)c(N[C@@H](C)c2ccc(S(=O)(=O)CC)cc2)nc2cnc(-c3c(OC)ncnc3C3CC3)nc21. The molecule has 5 rings (SSSR count). The molecule has 0 saturated heterocycles. The maximum atomic E-state index is 13.8. The minimum Gasteiger partial charge on any atom is -0.480 e. The molecule has 0 radical (unpaired) electrons. The van der Waals surface area contributed by atoms with Crippen molar-refractivity contribution < 1.29 is 13.2 Å². The Kier molecular flexibility index (Phi) is 7.54. The Morgan fingerprint density at radius 3 is 2.42 bits per heavy atom. The number of methoxy groups -OCH3 is 1. The summed E-state index contributed by atoms with van der Waals surface area (Å²) in [5.41, 5.74) is 2.89. The van der Waals surface area contributed by atoms with E-state index in [0.717, 1.165) is 24.1 Å². The zero-order valence-corrected chi connectivity index (χ0v) is 24.1. The second kappa shape index (κ2) is 10.9. The minimum absolute atomic E-state index is 0.0338. The topological polar surface area (TPSA) is 142 Å². The molecular formula is C28H33N7O4S. The number of nitrogens with zero attached hydrogens (tertiary/aromatic N) is 6. The lowest BCUT2D eigenvalue weighted by Crippen LogP contribution is -2.29. The molecule has 0 unspecified atom stereocenters. The van der Waals surface area contributed by atoms with E-state index in [1.807, 2.05) is 20.8 Å². The molecule has 0 aliphatic heterocycles. The zero-order valence-electron chi connectivity index (χ0n) is 23.2. The molecule has 0 bridgehead atoms. The van der Waals surface area contributed by atoms with Gasteiger partial charge in [-0.2, -0.15) is 0 Å². The van der Waals surface area contributed by atoms with Crippen LogP contribution in [-0.4, -0.2) is 50.8 Å². The van der Waals surface area contributed by atoms with E-state index in [4.69, 9.17) is 9.72 Å². The second-order valence-corrected chi connectivity index (χ2v) is 12.3. The molecule has 4 aromatic rings. The molecule has 0 spiro atoms. The second-order valence-electron chi connectivity index (χ2n) is 10.1. The molecule has 210 valence electrons. The maximum Gasteiger partial charge on any atom is 0.295 e. The lowest BCUT2D eigenvalue weighted by molar-refractivity contribution is 0.397. The highest BCUT2D eigenvalue weighted by Gasteiger charge is 2.31. The Hall–Kier alpha value is -3.93. The van der Waals surface area contributed by atoms with E-state index in [9.17, 15) is 13.2 Å². The summed E-state index contributed by atoms with van der Waals surface area (Å²) in [6.45, 7) is 7.48. The summed E-state index contributed by atoms with van der Waals surface area (Å²) in [5, 5.41) is 3.22. The molecule has 12 heteroatoms. The van der Waals surface area contributed by atoms with Gasteiger partial charge in [0.15, 0.2) is 27.1 Å². The lowest BCUT2D eigenvalue weighted by atomic mass is 10.1. The van der Waals surface area contributed by atoms with Crippen LogP contribution in [0.1, 0.15) is 76.2 Å². The first-order valence-electron chi connectivity index (χ1n) is 13.5. The fourth-order valence-corrected chi connectivity index (χ4v) is 5.52.